The van der Waals surface area contributed by atoms with Gasteiger partial charge >= 0.3 is 0 Å². The summed E-state index contributed by atoms with van der Waals surface area (Å²) in [5.74, 6) is 0.448. The predicted octanol–water partition coefficient (Wildman–Crippen LogP) is 3.10. The third-order valence-electron chi connectivity index (χ3n) is 3.36. The summed E-state index contributed by atoms with van der Waals surface area (Å²) in [6.07, 6.45) is 5.34. The number of hydrogen-bond acceptors (Lipinski definition) is 1. The van der Waals surface area contributed by atoms with Crippen LogP contribution in [0.5, 0.6) is 0 Å². The molecule has 0 N–H and O–H groups in total. The summed E-state index contributed by atoms with van der Waals surface area (Å²) in [5, 5.41) is 0. The molecule has 0 radical (unpaired) electrons. The molecule has 96 valence electrons. The maximum atomic E-state index is 13.0. The summed E-state index contributed by atoms with van der Waals surface area (Å²) in [4.78, 5) is 13.8. The molecule has 2 nitrogen and oxygen atoms in total. The van der Waals surface area contributed by atoms with Crippen LogP contribution in [-0.4, -0.2) is 23.9 Å². The van der Waals surface area contributed by atoms with Crippen LogP contribution in [0.4, 0.5) is 4.39 Å². The van der Waals surface area contributed by atoms with E-state index in [-0.39, 0.29) is 11.7 Å². The molecule has 0 aromatic heterocycles. The first-order valence-corrected chi connectivity index (χ1v) is 6.38. The van der Waals surface area contributed by atoms with Crippen LogP contribution in [0.1, 0.15) is 25.3 Å². The van der Waals surface area contributed by atoms with E-state index in [2.05, 4.69) is 6.92 Å². The molecule has 0 bridgehead atoms. The van der Waals surface area contributed by atoms with Crippen molar-refractivity contribution in [3.05, 3.63) is 41.7 Å². The summed E-state index contributed by atoms with van der Waals surface area (Å²) >= 11 is 0. The van der Waals surface area contributed by atoms with E-state index < -0.39 is 0 Å². The first-order valence-electron chi connectivity index (χ1n) is 6.38. The van der Waals surface area contributed by atoms with Crippen molar-refractivity contribution in [1.82, 2.24) is 4.90 Å². The molecule has 1 fully saturated rings. The fraction of sp³-hybridized carbons (Fsp3) is 0.400. The van der Waals surface area contributed by atoms with Gasteiger partial charge < -0.3 is 4.90 Å². The maximum Gasteiger partial charge on any atom is 0.246 e. The van der Waals surface area contributed by atoms with Gasteiger partial charge in [0.2, 0.25) is 5.91 Å². The lowest BCUT2D eigenvalue weighted by Gasteiger charge is -2.29. The second-order valence-electron chi connectivity index (χ2n) is 4.90. The monoisotopic (exact) mass is 247 g/mol. The molecule has 1 saturated heterocycles. The highest BCUT2D eigenvalue weighted by molar-refractivity contribution is 5.91. The van der Waals surface area contributed by atoms with E-state index in [1.807, 2.05) is 4.90 Å². The lowest BCUT2D eigenvalue weighted by atomic mass is 9.99. The summed E-state index contributed by atoms with van der Waals surface area (Å²) in [5.41, 5.74) is 0.716. The molecule has 3 heteroatoms. The lowest BCUT2D eigenvalue weighted by molar-refractivity contribution is -0.127. The van der Waals surface area contributed by atoms with Gasteiger partial charge in [0.15, 0.2) is 0 Å². The highest BCUT2D eigenvalue weighted by atomic mass is 19.1. The third-order valence-corrected chi connectivity index (χ3v) is 3.36. The largest absolute Gasteiger partial charge is 0.339 e. The van der Waals surface area contributed by atoms with Gasteiger partial charge in [-0.25, -0.2) is 4.39 Å². The Balaban J connectivity index is 1.94. The molecule has 1 aliphatic rings. The number of carbonyl (C=O) groups excluding carboxylic acids is 1. The van der Waals surface area contributed by atoms with Crippen molar-refractivity contribution in [2.75, 3.05) is 13.1 Å². The van der Waals surface area contributed by atoms with Crippen molar-refractivity contribution < 1.29 is 9.18 Å². The molecule has 2 rings (SSSR count). The van der Waals surface area contributed by atoms with Gasteiger partial charge in [-0.15, -0.1) is 0 Å². The normalized spacial score (nSPS) is 17.3. The SMILES string of the molecule is CC1CCN(C(=O)/C=C/c2cccc(F)c2)CC1. The maximum absolute atomic E-state index is 13.0. The van der Waals surface area contributed by atoms with Gasteiger partial charge in [0, 0.05) is 19.2 Å². The minimum Gasteiger partial charge on any atom is -0.339 e. The molecule has 1 amide bonds. The Hall–Kier alpha value is -1.64. The van der Waals surface area contributed by atoms with Crippen LogP contribution in [0, 0.1) is 11.7 Å². The number of halogens is 1. The number of piperidine rings is 1. The van der Waals surface area contributed by atoms with Crippen LogP contribution < -0.4 is 0 Å². The smallest absolute Gasteiger partial charge is 0.246 e. The van der Waals surface area contributed by atoms with Gasteiger partial charge in [0.25, 0.3) is 0 Å². The summed E-state index contributed by atoms with van der Waals surface area (Å²) in [6, 6.07) is 6.24. The highest BCUT2D eigenvalue weighted by Gasteiger charge is 2.18. The van der Waals surface area contributed by atoms with Gasteiger partial charge in [-0.1, -0.05) is 19.1 Å². The van der Waals surface area contributed by atoms with Gasteiger partial charge in [-0.3, -0.25) is 4.79 Å². The molecule has 0 spiro atoms. The topological polar surface area (TPSA) is 20.3 Å². The van der Waals surface area contributed by atoms with E-state index in [0.717, 1.165) is 25.9 Å². The lowest BCUT2D eigenvalue weighted by Crippen LogP contribution is -2.36. The van der Waals surface area contributed by atoms with Crippen LogP contribution in [0.25, 0.3) is 6.08 Å². The number of benzene rings is 1. The molecule has 0 saturated carbocycles. The molecule has 1 aromatic rings. The average molecular weight is 247 g/mol. The van der Waals surface area contributed by atoms with Crippen LogP contribution >= 0.6 is 0 Å². The first-order chi connectivity index (χ1) is 8.65. The summed E-state index contributed by atoms with van der Waals surface area (Å²) < 4.78 is 13.0. The summed E-state index contributed by atoms with van der Waals surface area (Å²) in [6.45, 7) is 3.87. The van der Waals surface area contributed by atoms with Crippen molar-refractivity contribution in [1.29, 1.82) is 0 Å². The molecule has 1 aromatic carbocycles. The van der Waals surface area contributed by atoms with E-state index in [0.29, 0.717) is 11.5 Å². The Morgan fingerprint density at radius 1 is 1.39 bits per heavy atom. The number of likely N-dealkylation sites (tertiary alicyclic amines) is 1. The Morgan fingerprint density at radius 2 is 2.11 bits per heavy atom. The van der Waals surface area contributed by atoms with Crippen LogP contribution in [0.2, 0.25) is 0 Å². The van der Waals surface area contributed by atoms with E-state index in [9.17, 15) is 9.18 Å². The van der Waals surface area contributed by atoms with Gasteiger partial charge in [-0.2, -0.15) is 0 Å². The predicted molar refractivity (Wildman–Crippen MR) is 70.4 cm³/mol. The van der Waals surface area contributed by atoms with Gasteiger partial charge in [-0.05, 0) is 42.5 Å². The number of amides is 1. The van der Waals surface area contributed by atoms with Crippen molar-refractivity contribution in [3.63, 3.8) is 0 Å². The number of rotatable bonds is 2. The Labute approximate surface area is 107 Å². The molecule has 0 aliphatic carbocycles. The minimum absolute atomic E-state index is 0.0196. The van der Waals surface area contributed by atoms with E-state index in [1.165, 1.54) is 18.2 Å². The Kier molecular flexibility index (Phi) is 4.13. The van der Waals surface area contributed by atoms with Crippen LogP contribution in [0.15, 0.2) is 30.3 Å². The minimum atomic E-state index is -0.281. The molecule has 0 unspecified atom stereocenters. The first kappa shape index (κ1) is 12.8. The number of nitrogens with zero attached hydrogens (tertiary/aromatic N) is 1. The number of carbonyl (C=O) groups is 1. The second-order valence-corrected chi connectivity index (χ2v) is 4.90. The van der Waals surface area contributed by atoms with Gasteiger partial charge in [0.1, 0.15) is 5.82 Å². The average Bonchev–Trinajstić information content (AvgIpc) is 2.37. The van der Waals surface area contributed by atoms with Crippen molar-refractivity contribution in [3.8, 4) is 0 Å². The van der Waals surface area contributed by atoms with Crippen molar-refractivity contribution in [2.45, 2.75) is 19.8 Å². The molecule has 0 atom stereocenters. The quantitative estimate of drug-likeness (QED) is 0.735. The van der Waals surface area contributed by atoms with Crippen LogP contribution in [-0.2, 0) is 4.79 Å². The van der Waals surface area contributed by atoms with Crippen molar-refractivity contribution in [2.24, 2.45) is 5.92 Å². The second kappa shape index (κ2) is 5.80. The van der Waals surface area contributed by atoms with Gasteiger partial charge in [0.05, 0.1) is 0 Å². The molecule has 1 heterocycles. The number of hydrogen-bond donors (Lipinski definition) is 0. The highest BCUT2D eigenvalue weighted by Crippen LogP contribution is 2.16. The van der Waals surface area contributed by atoms with E-state index in [4.69, 9.17) is 0 Å². The standard InChI is InChI=1S/C15H18FNO/c1-12-7-9-17(10-8-12)15(18)6-5-13-3-2-4-14(16)11-13/h2-6,11-12H,7-10H2,1H3/b6-5+. The molecule has 18 heavy (non-hydrogen) atoms. The van der Waals surface area contributed by atoms with Crippen molar-refractivity contribution >= 4 is 12.0 Å². The molecule has 1 aliphatic heterocycles. The third kappa shape index (κ3) is 3.42. The van der Waals surface area contributed by atoms with E-state index >= 15 is 0 Å². The zero-order valence-corrected chi connectivity index (χ0v) is 10.6. The fourth-order valence-corrected chi connectivity index (χ4v) is 2.11. The zero-order chi connectivity index (χ0) is 13.0. The zero-order valence-electron chi connectivity index (χ0n) is 10.6. The summed E-state index contributed by atoms with van der Waals surface area (Å²) in [7, 11) is 0. The Morgan fingerprint density at radius 3 is 2.78 bits per heavy atom. The molecular weight excluding hydrogens is 229 g/mol. The van der Waals surface area contributed by atoms with Crippen LogP contribution in [0.3, 0.4) is 0 Å². The fourth-order valence-electron chi connectivity index (χ4n) is 2.11. The molecular formula is C15H18FNO. The van der Waals surface area contributed by atoms with E-state index in [1.54, 1.807) is 18.2 Å². The Bertz CT molecular complexity index is 448.